The van der Waals surface area contributed by atoms with Gasteiger partial charge in [-0.2, -0.15) is 0 Å². The summed E-state index contributed by atoms with van der Waals surface area (Å²) in [5.74, 6) is 0.565. The van der Waals surface area contributed by atoms with E-state index in [1.807, 2.05) is 4.90 Å². The van der Waals surface area contributed by atoms with Crippen molar-refractivity contribution in [1.29, 1.82) is 0 Å². The number of aromatic nitrogens is 2. The number of aryl methyl sites for hydroxylation is 3. The molecule has 1 aliphatic heterocycles. The lowest BCUT2D eigenvalue weighted by Crippen LogP contribution is -2.49. The van der Waals surface area contributed by atoms with Crippen LogP contribution < -0.4 is 10.5 Å². The number of nitrogens with zero attached hydrogens (tertiary/aromatic N) is 3. The summed E-state index contributed by atoms with van der Waals surface area (Å²) in [7, 11) is 0. The largest absolute Gasteiger partial charge is 0.368 e. The van der Waals surface area contributed by atoms with E-state index in [9.17, 15) is 9.59 Å². The minimum Gasteiger partial charge on any atom is -0.368 e. The molecule has 1 N–H and O–H groups in total. The van der Waals surface area contributed by atoms with Gasteiger partial charge in [-0.05, 0) is 44.9 Å². The summed E-state index contributed by atoms with van der Waals surface area (Å²) in [5, 5.41) is 0. The van der Waals surface area contributed by atoms with Crippen molar-refractivity contribution in [2.45, 2.75) is 34.1 Å². The minimum atomic E-state index is -0.211. The number of rotatable bonds is 3. The summed E-state index contributed by atoms with van der Waals surface area (Å²) in [6, 6.07) is 6.34. The van der Waals surface area contributed by atoms with Crippen molar-refractivity contribution in [3.8, 4) is 0 Å². The second-order valence-corrected chi connectivity index (χ2v) is 6.98. The fourth-order valence-corrected chi connectivity index (χ4v) is 3.50. The van der Waals surface area contributed by atoms with Gasteiger partial charge in [0.2, 0.25) is 5.91 Å². The Labute approximate surface area is 153 Å². The predicted octanol–water partition coefficient (Wildman–Crippen LogP) is 1.89. The lowest BCUT2D eigenvalue weighted by molar-refractivity contribution is -0.130. The van der Waals surface area contributed by atoms with Gasteiger partial charge in [-0.1, -0.05) is 12.1 Å². The fraction of sp³-hybridized carbons (Fsp3) is 0.450. The first-order chi connectivity index (χ1) is 12.4. The number of nitrogens with one attached hydrogen (secondary N) is 1. The van der Waals surface area contributed by atoms with Crippen molar-refractivity contribution >= 4 is 11.6 Å². The number of hydrogen-bond acceptors (Lipinski definition) is 4. The number of amides is 1. The van der Waals surface area contributed by atoms with Crippen LogP contribution in [0.15, 0.2) is 23.0 Å². The van der Waals surface area contributed by atoms with Gasteiger partial charge in [0.05, 0.1) is 6.42 Å². The highest BCUT2D eigenvalue weighted by Gasteiger charge is 2.23. The maximum atomic E-state index is 12.6. The minimum absolute atomic E-state index is 0.00938. The maximum Gasteiger partial charge on any atom is 0.254 e. The molecule has 1 aliphatic rings. The van der Waals surface area contributed by atoms with E-state index < -0.39 is 0 Å². The van der Waals surface area contributed by atoms with E-state index in [1.54, 1.807) is 13.8 Å². The van der Waals surface area contributed by atoms with Crippen LogP contribution in [0.1, 0.15) is 28.2 Å². The summed E-state index contributed by atoms with van der Waals surface area (Å²) in [4.78, 5) is 35.9. The van der Waals surface area contributed by atoms with Crippen molar-refractivity contribution < 1.29 is 4.79 Å². The Hall–Kier alpha value is -2.63. The zero-order valence-corrected chi connectivity index (χ0v) is 15.9. The Bertz CT molecular complexity index is 880. The zero-order chi connectivity index (χ0) is 18.8. The molecule has 0 saturated carbocycles. The summed E-state index contributed by atoms with van der Waals surface area (Å²) in [5.41, 5.74) is 4.71. The Morgan fingerprint density at radius 1 is 1.12 bits per heavy atom. The Morgan fingerprint density at radius 3 is 2.46 bits per heavy atom. The number of aromatic amines is 1. The average Bonchev–Trinajstić information content (AvgIpc) is 2.60. The summed E-state index contributed by atoms with van der Waals surface area (Å²) >= 11 is 0. The van der Waals surface area contributed by atoms with Crippen LogP contribution in [0, 0.1) is 27.7 Å². The second-order valence-electron chi connectivity index (χ2n) is 6.98. The zero-order valence-electron chi connectivity index (χ0n) is 15.9. The molecule has 3 rings (SSSR count). The number of hydrogen-bond donors (Lipinski definition) is 1. The Morgan fingerprint density at radius 2 is 1.81 bits per heavy atom. The number of piperazine rings is 1. The van der Waals surface area contributed by atoms with Crippen molar-refractivity contribution in [1.82, 2.24) is 14.9 Å². The normalized spacial score (nSPS) is 14.6. The number of benzene rings is 1. The molecule has 0 atom stereocenters. The molecule has 138 valence electrons. The van der Waals surface area contributed by atoms with E-state index in [0.29, 0.717) is 30.2 Å². The Balaban J connectivity index is 1.66. The third kappa shape index (κ3) is 3.64. The first-order valence-corrected chi connectivity index (χ1v) is 9.02. The van der Waals surface area contributed by atoms with Gasteiger partial charge in [-0.3, -0.25) is 9.59 Å². The standard InChI is InChI=1S/C20H26N4O2/c1-13-6-5-7-18(14(13)2)23-8-10-24(11-9-23)19(25)12-17-15(3)21-16(4)22-20(17)26/h5-7H,8-12H2,1-4H3,(H,21,22,26). The molecule has 0 bridgehead atoms. The van der Waals surface area contributed by atoms with Gasteiger partial charge < -0.3 is 14.8 Å². The monoisotopic (exact) mass is 354 g/mol. The molecule has 1 aromatic carbocycles. The third-order valence-electron chi connectivity index (χ3n) is 5.22. The van der Waals surface area contributed by atoms with Gasteiger partial charge in [0.15, 0.2) is 0 Å². The summed E-state index contributed by atoms with van der Waals surface area (Å²) < 4.78 is 0. The first-order valence-electron chi connectivity index (χ1n) is 9.02. The van der Waals surface area contributed by atoms with Crippen molar-refractivity contribution in [3.05, 3.63) is 56.8 Å². The molecule has 1 aromatic heterocycles. The molecule has 2 aromatic rings. The molecular formula is C20H26N4O2. The van der Waals surface area contributed by atoms with Gasteiger partial charge >= 0.3 is 0 Å². The van der Waals surface area contributed by atoms with E-state index in [1.165, 1.54) is 16.8 Å². The van der Waals surface area contributed by atoms with Crippen LogP contribution in [0.2, 0.25) is 0 Å². The lowest BCUT2D eigenvalue weighted by Gasteiger charge is -2.37. The van der Waals surface area contributed by atoms with E-state index in [-0.39, 0.29) is 17.9 Å². The van der Waals surface area contributed by atoms with Gasteiger partial charge in [0, 0.05) is 43.1 Å². The average molecular weight is 354 g/mol. The van der Waals surface area contributed by atoms with Crippen molar-refractivity contribution in [2.24, 2.45) is 0 Å². The molecule has 0 aliphatic carbocycles. The van der Waals surface area contributed by atoms with Crippen LogP contribution in [0.25, 0.3) is 0 Å². The molecule has 1 fully saturated rings. The quantitative estimate of drug-likeness (QED) is 0.914. The van der Waals surface area contributed by atoms with Crippen LogP contribution in [0.4, 0.5) is 5.69 Å². The predicted molar refractivity (Wildman–Crippen MR) is 103 cm³/mol. The topological polar surface area (TPSA) is 69.3 Å². The molecule has 1 amide bonds. The van der Waals surface area contributed by atoms with Crippen molar-refractivity contribution in [2.75, 3.05) is 31.1 Å². The highest BCUT2D eigenvalue weighted by atomic mass is 16.2. The maximum absolute atomic E-state index is 12.6. The van der Waals surface area contributed by atoms with Crippen LogP contribution in [-0.2, 0) is 11.2 Å². The smallest absolute Gasteiger partial charge is 0.254 e. The van der Waals surface area contributed by atoms with E-state index in [0.717, 1.165) is 13.1 Å². The van der Waals surface area contributed by atoms with Gasteiger partial charge in [-0.25, -0.2) is 4.98 Å². The van der Waals surface area contributed by atoms with E-state index >= 15 is 0 Å². The van der Waals surface area contributed by atoms with Gasteiger partial charge in [0.25, 0.3) is 5.56 Å². The Kier molecular flexibility index (Phi) is 5.11. The van der Waals surface area contributed by atoms with Crippen LogP contribution >= 0.6 is 0 Å². The highest BCUT2D eigenvalue weighted by molar-refractivity contribution is 5.79. The molecule has 6 nitrogen and oxygen atoms in total. The van der Waals surface area contributed by atoms with Gasteiger partial charge in [-0.15, -0.1) is 0 Å². The fourth-order valence-electron chi connectivity index (χ4n) is 3.50. The second kappa shape index (κ2) is 7.32. The molecule has 26 heavy (non-hydrogen) atoms. The molecule has 0 spiro atoms. The molecule has 6 heteroatoms. The molecule has 0 radical (unpaired) electrons. The molecule has 0 unspecified atom stereocenters. The highest BCUT2D eigenvalue weighted by Crippen LogP contribution is 2.24. The lowest BCUT2D eigenvalue weighted by atomic mass is 10.1. The SMILES string of the molecule is Cc1nc(C)c(CC(=O)N2CCN(c3cccc(C)c3C)CC2)c(=O)[nH]1. The third-order valence-corrected chi connectivity index (χ3v) is 5.22. The molecule has 2 heterocycles. The number of H-pyrrole nitrogens is 1. The van der Waals surface area contributed by atoms with Crippen LogP contribution in [0.5, 0.6) is 0 Å². The van der Waals surface area contributed by atoms with E-state index in [2.05, 4.69) is 46.9 Å². The van der Waals surface area contributed by atoms with Gasteiger partial charge in [0.1, 0.15) is 5.82 Å². The number of carbonyl (C=O) groups excluding carboxylic acids is 1. The first kappa shape index (κ1) is 18.2. The summed E-state index contributed by atoms with van der Waals surface area (Å²) in [6.45, 7) is 10.7. The number of carbonyl (C=O) groups is 1. The summed E-state index contributed by atoms with van der Waals surface area (Å²) in [6.07, 6.45) is 0.109. The molecule has 1 saturated heterocycles. The van der Waals surface area contributed by atoms with Crippen LogP contribution in [-0.4, -0.2) is 47.0 Å². The van der Waals surface area contributed by atoms with E-state index in [4.69, 9.17) is 0 Å². The molecular weight excluding hydrogens is 328 g/mol. The van der Waals surface area contributed by atoms with Crippen LogP contribution in [0.3, 0.4) is 0 Å². The number of anilines is 1. The van der Waals surface area contributed by atoms with Crippen molar-refractivity contribution in [3.63, 3.8) is 0 Å².